The zero-order valence-corrected chi connectivity index (χ0v) is 22.8. The highest BCUT2D eigenvalue weighted by Gasteiger charge is 2.13. The van der Waals surface area contributed by atoms with E-state index < -0.39 is 0 Å². The molecule has 4 rings (SSSR count). The molecule has 0 aromatic heterocycles. The van der Waals surface area contributed by atoms with Gasteiger partial charge in [-0.3, -0.25) is 4.79 Å². The Hall–Kier alpha value is -3.39. The van der Waals surface area contributed by atoms with Gasteiger partial charge in [-0.1, -0.05) is 60.7 Å². The van der Waals surface area contributed by atoms with E-state index >= 15 is 0 Å². The van der Waals surface area contributed by atoms with Gasteiger partial charge in [0.1, 0.15) is 6.61 Å². The summed E-state index contributed by atoms with van der Waals surface area (Å²) < 4.78 is 13.0. The predicted molar refractivity (Wildman–Crippen MR) is 154 cm³/mol. The van der Waals surface area contributed by atoms with Crippen molar-refractivity contribution in [2.45, 2.75) is 33.8 Å². The number of carbonyl (C=O) groups is 1. The third kappa shape index (κ3) is 6.43. The molecule has 1 amide bonds. The first-order valence-electron chi connectivity index (χ1n) is 11.9. The fraction of sp³-hybridized carbons (Fsp3) is 0.200. The van der Waals surface area contributed by atoms with E-state index in [1.54, 1.807) is 6.21 Å². The largest absolute Gasteiger partial charge is 0.490 e. The number of hydrazone groups is 1. The maximum Gasteiger partial charge on any atom is 0.244 e. The van der Waals surface area contributed by atoms with E-state index in [0.717, 1.165) is 20.3 Å². The van der Waals surface area contributed by atoms with Crippen LogP contribution in [0.1, 0.15) is 34.7 Å². The highest BCUT2D eigenvalue weighted by molar-refractivity contribution is 14.1. The molecule has 0 radical (unpaired) electrons. The summed E-state index contributed by atoms with van der Waals surface area (Å²) in [5.74, 6) is 1.18. The van der Waals surface area contributed by atoms with Crippen LogP contribution in [0, 0.1) is 17.4 Å². The van der Waals surface area contributed by atoms with Crippen molar-refractivity contribution < 1.29 is 14.3 Å². The van der Waals surface area contributed by atoms with Crippen molar-refractivity contribution in [3.8, 4) is 11.5 Å². The second-order valence-corrected chi connectivity index (χ2v) is 9.74. The van der Waals surface area contributed by atoms with Crippen LogP contribution in [0.2, 0.25) is 0 Å². The minimum Gasteiger partial charge on any atom is -0.490 e. The number of ether oxygens (including phenoxy) is 2. The number of halogens is 1. The number of nitrogens with zero attached hydrogens (tertiary/aromatic N) is 1. The van der Waals surface area contributed by atoms with Crippen molar-refractivity contribution in [3.05, 3.63) is 104 Å². The number of benzene rings is 4. The molecule has 0 bridgehead atoms. The lowest BCUT2D eigenvalue weighted by Gasteiger charge is -2.15. The number of nitrogens with one attached hydrogen (secondary N) is 1. The number of hydrogen-bond acceptors (Lipinski definition) is 4. The molecule has 0 saturated heterocycles. The van der Waals surface area contributed by atoms with Crippen molar-refractivity contribution in [1.29, 1.82) is 0 Å². The van der Waals surface area contributed by atoms with E-state index in [1.807, 2.05) is 62.4 Å². The molecule has 0 atom stereocenters. The van der Waals surface area contributed by atoms with Gasteiger partial charge in [-0.2, -0.15) is 5.10 Å². The summed E-state index contributed by atoms with van der Waals surface area (Å²) in [4.78, 5) is 12.3. The third-order valence-corrected chi connectivity index (χ3v) is 6.72. The third-order valence-electron chi connectivity index (χ3n) is 5.92. The van der Waals surface area contributed by atoms with Gasteiger partial charge in [-0.05, 0) is 94.1 Å². The van der Waals surface area contributed by atoms with Gasteiger partial charge in [-0.15, -0.1) is 0 Å². The fourth-order valence-electron chi connectivity index (χ4n) is 3.95. The zero-order chi connectivity index (χ0) is 25.5. The lowest BCUT2D eigenvalue weighted by atomic mass is 10.0. The first kappa shape index (κ1) is 25.7. The molecule has 0 saturated carbocycles. The van der Waals surface area contributed by atoms with Gasteiger partial charge in [0.25, 0.3) is 0 Å². The van der Waals surface area contributed by atoms with E-state index in [-0.39, 0.29) is 12.3 Å². The van der Waals surface area contributed by atoms with Crippen molar-refractivity contribution >= 4 is 45.5 Å². The summed E-state index contributed by atoms with van der Waals surface area (Å²) in [5.41, 5.74) is 7.89. The number of rotatable bonds is 9. The molecule has 0 aliphatic heterocycles. The van der Waals surface area contributed by atoms with Crippen LogP contribution in [0.4, 0.5) is 0 Å². The Kier molecular flexibility index (Phi) is 8.59. The average molecular weight is 592 g/mol. The Morgan fingerprint density at radius 2 is 1.78 bits per heavy atom. The SMILES string of the molecule is CCOc1cc(C=NNC(=O)Cc2ccc(C)c(C)c2)cc(I)c1OCc1cccc2ccccc12. The molecule has 184 valence electrons. The standard InChI is InChI=1S/C30H29IN2O3/c1-4-35-28-16-23(18-32-33-29(34)17-22-13-12-20(2)21(3)14-22)15-27(31)30(28)36-19-25-10-7-9-24-8-5-6-11-26(24)25/h5-16,18H,4,17,19H2,1-3H3,(H,33,34). The van der Waals surface area contributed by atoms with Crippen molar-refractivity contribution in [2.75, 3.05) is 6.61 Å². The summed E-state index contributed by atoms with van der Waals surface area (Å²) in [7, 11) is 0. The summed E-state index contributed by atoms with van der Waals surface area (Å²) >= 11 is 2.24. The van der Waals surface area contributed by atoms with Crippen LogP contribution in [0.25, 0.3) is 10.8 Å². The van der Waals surface area contributed by atoms with Crippen LogP contribution in [-0.4, -0.2) is 18.7 Å². The summed E-state index contributed by atoms with van der Waals surface area (Å²) in [6.45, 7) is 6.98. The van der Waals surface area contributed by atoms with Crippen LogP contribution >= 0.6 is 22.6 Å². The molecule has 6 heteroatoms. The van der Waals surface area contributed by atoms with E-state index in [1.165, 1.54) is 21.9 Å². The van der Waals surface area contributed by atoms with Crippen molar-refractivity contribution in [1.82, 2.24) is 5.43 Å². The van der Waals surface area contributed by atoms with Crippen molar-refractivity contribution in [2.24, 2.45) is 5.10 Å². The van der Waals surface area contributed by atoms with Gasteiger partial charge in [0.05, 0.1) is 22.8 Å². The molecule has 36 heavy (non-hydrogen) atoms. The first-order chi connectivity index (χ1) is 17.4. The van der Waals surface area contributed by atoms with Crippen LogP contribution in [-0.2, 0) is 17.8 Å². The molecule has 0 unspecified atom stereocenters. The number of carbonyl (C=O) groups excluding carboxylic acids is 1. The Labute approximate surface area is 225 Å². The zero-order valence-electron chi connectivity index (χ0n) is 20.7. The van der Waals surface area contributed by atoms with E-state index in [9.17, 15) is 4.79 Å². The second kappa shape index (κ2) is 12.0. The van der Waals surface area contributed by atoms with Gasteiger partial charge < -0.3 is 9.47 Å². The molecule has 0 heterocycles. The average Bonchev–Trinajstić information content (AvgIpc) is 2.86. The van der Waals surface area contributed by atoms with Gasteiger partial charge >= 0.3 is 0 Å². The Morgan fingerprint density at radius 3 is 2.58 bits per heavy atom. The molecule has 0 fully saturated rings. The fourth-order valence-corrected chi connectivity index (χ4v) is 4.73. The second-order valence-electron chi connectivity index (χ2n) is 8.58. The van der Waals surface area contributed by atoms with Crippen LogP contribution in [0.15, 0.2) is 77.9 Å². The quantitative estimate of drug-likeness (QED) is 0.133. The summed E-state index contributed by atoms with van der Waals surface area (Å²) in [6.07, 6.45) is 1.90. The molecule has 1 N–H and O–H groups in total. The van der Waals surface area contributed by atoms with E-state index in [4.69, 9.17) is 9.47 Å². The molecule has 0 aliphatic carbocycles. The molecule has 4 aromatic carbocycles. The van der Waals surface area contributed by atoms with Gasteiger partial charge in [0.15, 0.2) is 11.5 Å². The minimum atomic E-state index is -0.163. The molecule has 0 aliphatic rings. The maximum atomic E-state index is 12.3. The number of amides is 1. The molecule has 4 aromatic rings. The normalized spacial score (nSPS) is 11.1. The number of aryl methyl sites for hydroxylation is 2. The topological polar surface area (TPSA) is 59.9 Å². The summed E-state index contributed by atoms with van der Waals surface area (Å²) in [6, 6.07) is 24.4. The summed E-state index contributed by atoms with van der Waals surface area (Å²) in [5, 5.41) is 6.51. The molecular weight excluding hydrogens is 563 g/mol. The molecule has 5 nitrogen and oxygen atoms in total. The monoisotopic (exact) mass is 592 g/mol. The highest BCUT2D eigenvalue weighted by Crippen LogP contribution is 2.35. The maximum absolute atomic E-state index is 12.3. The first-order valence-corrected chi connectivity index (χ1v) is 13.0. The minimum absolute atomic E-state index is 0.163. The van der Waals surface area contributed by atoms with E-state index in [2.05, 4.69) is 64.3 Å². The Balaban J connectivity index is 1.45. The van der Waals surface area contributed by atoms with Gasteiger partial charge in [0.2, 0.25) is 5.91 Å². The van der Waals surface area contributed by atoms with Gasteiger partial charge in [-0.25, -0.2) is 5.43 Å². The number of hydrogen-bond donors (Lipinski definition) is 1. The van der Waals surface area contributed by atoms with Crippen molar-refractivity contribution in [3.63, 3.8) is 0 Å². The van der Waals surface area contributed by atoms with Crippen LogP contribution in [0.5, 0.6) is 11.5 Å². The molecule has 0 spiro atoms. The highest BCUT2D eigenvalue weighted by atomic mass is 127. The number of fused-ring (bicyclic) bond motifs is 1. The molecular formula is C30H29IN2O3. The predicted octanol–water partition coefficient (Wildman–Crippen LogP) is 6.73. The van der Waals surface area contributed by atoms with Crippen LogP contribution in [0.3, 0.4) is 0 Å². The lowest BCUT2D eigenvalue weighted by Crippen LogP contribution is -2.19. The Morgan fingerprint density at radius 1 is 0.972 bits per heavy atom. The van der Waals surface area contributed by atoms with Crippen LogP contribution < -0.4 is 14.9 Å². The lowest BCUT2D eigenvalue weighted by molar-refractivity contribution is -0.120. The van der Waals surface area contributed by atoms with E-state index in [0.29, 0.717) is 24.7 Å². The Bertz CT molecular complexity index is 1410. The smallest absolute Gasteiger partial charge is 0.244 e. The van der Waals surface area contributed by atoms with Gasteiger partial charge in [0, 0.05) is 0 Å².